The molecule has 2 N–H and O–H groups in total. The zero-order chi connectivity index (χ0) is 13.5. The summed E-state index contributed by atoms with van der Waals surface area (Å²) < 4.78 is 16.4. The lowest BCUT2D eigenvalue weighted by molar-refractivity contribution is -0.165. The summed E-state index contributed by atoms with van der Waals surface area (Å²) in [6, 6.07) is 3.54. The molecule has 0 aliphatic carbocycles. The van der Waals surface area contributed by atoms with Crippen molar-refractivity contribution in [2.75, 3.05) is 25.6 Å². The van der Waals surface area contributed by atoms with Crippen molar-refractivity contribution in [3.63, 3.8) is 0 Å². The Bertz CT molecular complexity index is 453. The number of nitrogen functional groups attached to an aromatic ring is 1. The van der Waals surface area contributed by atoms with Crippen LogP contribution in [0.3, 0.4) is 0 Å². The minimum Gasteiger partial charge on any atom is -0.490 e. The molecule has 1 aromatic rings. The van der Waals surface area contributed by atoms with E-state index in [1.807, 2.05) is 6.07 Å². The van der Waals surface area contributed by atoms with Gasteiger partial charge in [-0.2, -0.15) is 5.26 Å². The van der Waals surface area contributed by atoms with E-state index in [0.717, 1.165) is 25.9 Å². The van der Waals surface area contributed by atoms with Crippen molar-refractivity contribution in [1.82, 2.24) is 4.98 Å². The third-order valence-electron chi connectivity index (χ3n) is 2.79. The van der Waals surface area contributed by atoms with Gasteiger partial charge in [-0.3, -0.25) is 0 Å². The van der Waals surface area contributed by atoms with E-state index in [2.05, 4.69) is 4.98 Å². The summed E-state index contributed by atoms with van der Waals surface area (Å²) in [5.41, 5.74) is 5.92. The molecule has 1 fully saturated rings. The predicted octanol–water partition coefficient (Wildman–Crippen LogP) is 1.46. The van der Waals surface area contributed by atoms with Crippen molar-refractivity contribution >= 4 is 5.82 Å². The third kappa shape index (κ3) is 4.09. The number of hydrogen-bond acceptors (Lipinski definition) is 6. The van der Waals surface area contributed by atoms with E-state index in [4.69, 9.17) is 25.2 Å². The molecule has 0 saturated carbocycles. The molecule has 1 aromatic heterocycles. The SMILES string of the molecule is N#Cc1cnc(N)cc1OCCOC1CCCCO1. The quantitative estimate of drug-likeness (QED) is 0.809. The van der Waals surface area contributed by atoms with E-state index in [-0.39, 0.29) is 6.29 Å². The zero-order valence-corrected chi connectivity index (χ0v) is 10.7. The second-order valence-electron chi connectivity index (χ2n) is 4.23. The highest BCUT2D eigenvalue weighted by Gasteiger charge is 2.13. The van der Waals surface area contributed by atoms with Crippen molar-refractivity contribution in [2.45, 2.75) is 25.6 Å². The summed E-state index contributed by atoms with van der Waals surface area (Å²) in [6.45, 7) is 1.51. The van der Waals surface area contributed by atoms with Gasteiger partial charge in [0.15, 0.2) is 6.29 Å². The lowest BCUT2D eigenvalue weighted by Gasteiger charge is -2.22. The van der Waals surface area contributed by atoms with Crippen LogP contribution in [-0.4, -0.2) is 31.1 Å². The molecule has 102 valence electrons. The fourth-order valence-corrected chi connectivity index (χ4v) is 1.83. The van der Waals surface area contributed by atoms with E-state index in [1.165, 1.54) is 12.3 Å². The normalized spacial score (nSPS) is 18.8. The van der Waals surface area contributed by atoms with E-state index in [1.54, 1.807) is 0 Å². The van der Waals surface area contributed by atoms with Gasteiger partial charge in [-0.05, 0) is 19.3 Å². The Morgan fingerprint density at radius 3 is 3.11 bits per heavy atom. The molecule has 2 rings (SSSR count). The van der Waals surface area contributed by atoms with Crippen LogP contribution in [0.1, 0.15) is 24.8 Å². The van der Waals surface area contributed by atoms with Crippen LogP contribution in [0.15, 0.2) is 12.3 Å². The lowest BCUT2D eigenvalue weighted by atomic mass is 10.2. The van der Waals surface area contributed by atoms with Crippen LogP contribution in [0.25, 0.3) is 0 Å². The Labute approximate surface area is 112 Å². The average Bonchev–Trinajstić information content (AvgIpc) is 2.45. The largest absolute Gasteiger partial charge is 0.490 e. The number of hydrogen-bond donors (Lipinski definition) is 1. The van der Waals surface area contributed by atoms with Gasteiger partial charge in [-0.1, -0.05) is 0 Å². The zero-order valence-electron chi connectivity index (χ0n) is 10.7. The molecule has 6 nitrogen and oxygen atoms in total. The highest BCUT2D eigenvalue weighted by molar-refractivity contribution is 5.47. The van der Waals surface area contributed by atoms with Crippen molar-refractivity contribution in [3.8, 4) is 11.8 Å². The molecule has 1 unspecified atom stereocenters. The molecule has 0 amide bonds. The van der Waals surface area contributed by atoms with Crippen LogP contribution in [-0.2, 0) is 9.47 Å². The average molecular weight is 263 g/mol. The van der Waals surface area contributed by atoms with Crippen LogP contribution < -0.4 is 10.5 Å². The van der Waals surface area contributed by atoms with Crippen LogP contribution in [0, 0.1) is 11.3 Å². The number of nitriles is 1. The summed E-state index contributed by atoms with van der Waals surface area (Å²) in [7, 11) is 0. The molecule has 0 radical (unpaired) electrons. The summed E-state index contributed by atoms with van der Waals surface area (Å²) in [6.07, 6.45) is 4.42. The highest BCUT2D eigenvalue weighted by atomic mass is 16.7. The highest BCUT2D eigenvalue weighted by Crippen LogP contribution is 2.19. The molecule has 0 aromatic carbocycles. The van der Waals surface area contributed by atoms with E-state index >= 15 is 0 Å². The summed E-state index contributed by atoms with van der Waals surface area (Å²) in [5.74, 6) is 0.758. The van der Waals surface area contributed by atoms with Gasteiger partial charge in [0.1, 0.15) is 29.8 Å². The topological polar surface area (TPSA) is 90.4 Å². The number of aromatic nitrogens is 1. The van der Waals surface area contributed by atoms with Gasteiger partial charge in [-0.25, -0.2) is 4.98 Å². The van der Waals surface area contributed by atoms with Gasteiger partial charge < -0.3 is 19.9 Å². The van der Waals surface area contributed by atoms with Crippen molar-refractivity contribution in [3.05, 3.63) is 17.8 Å². The maximum Gasteiger partial charge on any atom is 0.157 e. The van der Waals surface area contributed by atoms with Crippen molar-refractivity contribution in [2.24, 2.45) is 0 Å². The maximum absolute atomic E-state index is 8.91. The molecule has 0 spiro atoms. The third-order valence-corrected chi connectivity index (χ3v) is 2.79. The number of ether oxygens (including phenoxy) is 3. The first-order valence-corrected chi connectivity index (χ1v) is 6.31. The summed E-state index contributed by atoms with van der Waals surface area (Å²) in [5, 5.41) is 8.91. The molecule has 2 heterocycles. The minimum atomic E-state index is -0.129. The van der Waals surface area contributed by atoms with Crippen LogP contribution in [0.2, 0.25) is 0 Å². The van der Waals surface area contributed by atoms with Gasteiger partial charge in [0.2, 0.25) is 0 Å². The Balaban J connectivity index is 1.76. The first kappa shape index (κ1) is 13.6. The Hall–Kier alpha value is -1.84. The number of nitrogens with two attached hydrogens (primary N) is 1. The van der Waals surface area contributed by atoms with Crippen LogP contribution in [0.5, 0.6) is 5.75 Å². The first-order valence-electron chi connectivity index (χ1n) is 6.31. The fraction of sp³-hybridized carbons (Fsp3) is 0.538. The Morgan fingerprint density at radius 2 is 2.37 bits per heavy atom. The molecule has 6 heteroatoms. The minimum absolute atomic E-state index is 0.129. The smallest absolute Gasteiger partial charge is 0.157 e. The number of anilines is 1. The summed E-state index contributed by atoms with van der Waals surface area (Å²) >= 11 is 0. The van der Waals surface area contributed by atoms with Gasteiger partial charge >= 0.3 is 0 Å². The molecule has 1 aliphatic rings. The maximum atomic E-state index is 8.91. The van der Waals surface area contributed by atoms with Crippen LogP contribution in [0.4, 0.5) is 5.82 Å². The van der Waals surface area contributed by atoms with Crippen LogP contribution >= 0.6 is 0 Å². The Kier molecular flexibility index (Phi) is 4.95. The monoisotopic (exact) mass is 263 g/mol. The second kappa shape index (κ2) is 6.92. The fourth-order valence-electron chi connectivity index (χ4n) is 1.83. The second-order valence-corrected chi connectivity index (χ2v) is 4.23. The van der Waals surface area contributed by atoms with Gasteiger partial charge in [0, 0.05) is 12.7 Å². The molecule has 19 heavy (non-hydrogen) atoms. The van der Waals surface area contributed by atoms with Gasteiger partial charge in [0.05, 0.1) is 12.8 Å². The summed E-state index contributed by atoms with van der Waals surface area (Å²) in [4.78, 5) is 3.84. The molecular formula is C13H17N3O3. The standard InChI is InChI=1S/C13H17N3O3/c14-8-10-9-16-12(15)7-11(10)17-5-6-19-13-3-1-2-4-18-13/h7,9,13H,1-6H2,(H2,15,16). The first-order chi connectivity index (χ1) is 9.29. The van der Waals surface area contributed by atoms with E-state index in [9.17, 15) is 0 Å². The molecule has 0 bridgehead atoms. The molecular weight excluding hydrogens is 246 g/mol. The molecule has 1 aliphatic heterocycles. The Morgan fingerprint density at radius 1 is 1.47 bits per heavy atom. The molecule has 1 saturated heterocycles. The van der Waals surface area contributed by atoms with E-state index < -0.39 is 0 Å². The van der Waals surface area contributed by atoms with Crippen molar-refractivity contribution < 1.29 is 14.2 Å². The predicted molar refractivity (Wildman–Crippen MR) is 68.4 cm³/mol. The van der Waals surface area contributed by atoms with Gasteiger partial charge in [-0.15, -0.1) is 0 Å². The van der Waals surface area contributed by atoms with E-state index in [0.29, 0.717) is 30.3 Å². The number of rotatable bonds is 5. The lowest BCUT2D eigenvalue weighted by Crippen LogP contribution is -2.24. The number of nitrogens with zero attached hydrogens (tertiary/aromatic N) is 2. The number of pyridine rings is 1. The van der Waals surface area contributed by atoms with Crippen molar-refractivity contribution in [1.29, 1.82) is 5.26 Å². The van der Waals surface area contributed by atoms with Gasteiger partial charge in [0.25, 0.3) is 0 Å². The molecule has 1 atom stereocenters.